The fourth-order valence-electron chi connectivity index (χ4n) is 2.99. The number of amides is 1. The summed E-state index contributed by atoms with van der Waals surface area (Å²) in [5.41, 5.74) is 7.21. The summed E-state index contributed by atoms with van der Waals surface area (Å²) in [6, 6.07) is 6.47. The Labute approximate surface area is 128 Å². The van der Waals surface area contributed by atoms with Crippen LogP contribution in [0.5, 0.6) is 0 Å². The molecule has 3 rings (SSSR count). The first kappa shape index (κ1) is 14.7. The Morgan fingerprint density at radius 1 is 1.45 bits per heavy atom. The monoisotopic (exact) mass is 302 g/mol. The van der Waals surface area contributed by atoms with E-state index in [2.05, 4.69) is 5.10 Å². The lowest BCUT2D eigenvalue weighted by molar-refractivity contribution is 0.0740. The molecular weight excluding hydrogens is 283 g/mol. The number of para-hydroxylation sites is 1. The molecule has 1 aliphatic rings. The average molecular weight is 302 g/mol. The highest BCUT2D eigenvalue weighted by atomic mass is 19.1. The van der Waals surface area contributed by atoms with Gasteiger partial charge in [-0.2, -0.15) is 5.10 Å². The van der Waals surface area contributed by atoms with Crippen LogP contribution in [0.25, 0.3) is 5.69 Å². The Bertz CT molecular complexity index is 697. The lowest BCUT2D eigenvalue weighted by Crippen LogP contribution is -2.40. The first-order valence-corrected chi connectivity index (χ1v) is 7.44. The number of hydrogen-bond donors (Lipinski definition) is 1. The molecule has 1 fully saturated rings. The topological polar surface area (TPSA) is 64.2 Å². The first-order valence-electron chi connectivity index (χ1n) is 7.44. The van der Waals surface area contributed by atoms with E-state index in [-0.39, 0.29) is 17.8 Å². The third kappa shape index (κ3) is 2.39. The van der Waals surface area contributed by atoms with Crippen LogP contribution in [-0.4, -0.2) is 39.7 Å². The Morgan fingerprint density at radius 3 is 2.95 bits per heavy atom. The second-order valence-electron chi connectivity index (χ2n) is 5.54. The third-order valence-corrected chi connectivity index (χ3v) is 4.23. The third-order valence-electron chi connectivity index (χ3n) is 4.23. The average Bonchev–Trinajstić information content (AvgIpc) is 3.14. The van der Waals surface area contributed by atoms with Gasteiger partial charge in [0.1, 0.15) is 11.5 Å². The van der Waals surface area contributed by atoms with Crippen molar-refractivity contribution in [3.8, 4) is 5.69 Å². The number of hydrogen-bond acceptors (Lipinski definition) is 3. The van der Waals surface area contributed by atoms with Gasteiger partial charge in [-0.05, 0) is 31.9 Å². The Hall–Kier alpha value is -2.21. The van der Waals surface area contributed by atoms with Crippen molar-refractivity contribution in [2.75, 3.05) is 13.1 Å². The zero-order valence-corrected chi connectivity index (χ0v) is 12.5. The summed E-state index contributed by atoms with van der Waals surface area (Å²) in [5, 5.41) is 4.19. The van der Waals surface area contributed by atoms with Crippen molar-refractivity contribution in [3.63, 3.8) is 0 Å². The Kier molecular flexibility index (Phi) is 3.94. The van der Waals surface area contributed by atoms with Crippen LogP contribution in [0.2, 0.25) is 0 Å². The minimum absolute atomic E-state index is 0.0759. The summed E-state index contributed by atoms with van der Waals surface area (Å²) in [6.07, 6.45) is 3.41. The molecule has 1 unspecified atom stereocenters. The van der Waals surface area contributed by atoms with E-state index in [9.17, 15) is 9.18 Å². The van der Waals surface area contributed by atoms with Crippen LogP contribution < -0.4 is 5.73 Å². The molecule has 1 aromatic carbocycles. The zero-order chi connectivity index (χ0) is 15.7. The molecule has 0 spiro atoms. The fourth-order valence-corrected chi connectivity index (χ4v) is 2.99. The SMILES string of the molecule is Cc1c(C(=O)N2CCCC2CN)cnn1-c1ccccc1F. The van der Waals surface area contributed by atoms with E-state index in [1.807, 2.05) is 0 Å². The second kappa shape index (κ2) is 5.88. The molecule has 0 radical (unpaired) electrons. The second-order valence-corrected chi connectivity index (χ2v) is 5.54. The highest BCUT2D eigenvalue weighted by Crippen LogP contribution is 2.22. The molecule has 2 N–H and O–H groups in total. The van der Waals surface area contributed by atoms with E-state index in [1.54, 1.807) is 30.0 Å². The molecule has 1 saturated heterocycles. The van der Waals surface area contributed by atoms with E-state index < -0.39 is 0 Å². The van der Waals surface area contributed by atoms with Gasteiger partial charge in [0.05, 0.1) is 17.5 Å². The molecule has 2 heterocycles. The summed E-state index contributed by atoms with van der Waals surface area (Å²) in [6.45, 7) is 2.96. The van der Waals surface area contributed by atoms with E-state index in [0.29, 0.717) is 30.0 Å². The summed E-state index contributed by atoms with van der Waals surface area (Å²) in [5.74, 6) is -0.443. The number of carbonyl (C=O) groups is 1. The van der Waals surface area contributed by atoms with Crippen molar-refractivity contribution in [2.24, 2.45) is 5.73 Å². The molecule has 0 aliphatic carbocycles. The maximum Gasteiger partial charge on any atom is 0.257 e. The number of nitrogens with two attached hydrogens (primary N) is 1. The van der Waals surface area contributed by atoms with Crippen LogP contribution in [0.15, 0.2) is 30.5 Å². The van der Waals surface area contributed by atoms with Gasteiger partial charge in [0.15, 0.2) is 0 Å². The van der Waals surface area contributed by atoms with Crippen LogP contribution in [0.4, 0.5) is 4.39 Å². The van der Waals surface area contributed by atoms with Crippen LogP contribution in [-0.2, 0) is 0 Å². The highest BCUT2D eigenvalue weighted by molar-refractivity contribution is 5.95. The van der Waals surface area contributed by atoms with Crippen molar-refractivity contribution in [3.05, 3.63) is 47.5 Å². The van der Waals surface area contributed by atoms with Crippen molar-refractivity contribution >= 4 is 5.91 Å². The van der Waals surface area contributed by atoms with Gasteiger partial charge >= 0.3 is 0 Å². The summed E-state index contributed by atoms with van der Waals surface area (Å²) < 4.78 is 15.4. The molecule has 1 aromatic heterocycles. The standard InChI is InChI=1S/C16H19FN4O/c1-11-13(16(22)20-8-4-5-12(20)9-18)10-19-21(11)15-7-3-2-6-14(15)17/h2-3,6-7,10,12H,4-5,8-9,18H2,1H3. The van der Waals surface area contributed by atoms with Crippen LogP contribution in [0.1, 0.15) is 28.9 Å². The quantitative estimate of drug-likeness (QED) is 0.941. The molecule has 22 heavy (non-hydrogen) atoms. The number of aromatic nitrogens is 2. The molecule has 0 bridgehead atoms. The number of halogens is 1. The molecule has 5 nitrogen and oxygen atoms in total. The molecule has 1 aliphatic heterocycles. The van der Waals surface area contributed by atoms with Gasteiger partial charge in [-0.3, -0.25) is 4.79 Å². The van der Waals surface area contributed by atoms with E-state index >= 15 is 0 Å². The van der Waals surface area contributed by atoms with Crippen molar-refractivity contribution in [1.29, 1.82) is 0 Å². The molecule has 0 saturated carbocycles. The first-order chi connectivity index (χ1) is 10.6. The fraction of sp³-hybridized carbons (Fsp3) is 0.375. The predicted octanol–water partition coefficient (Wildman–Crippen LogP) is 1.88. The predicted molar refractivity (Wildman–Crippen MR) is 81.4 cm³/mol. The number of benzene rings is 1. The highest BCUT2D eigenvalue weighted by Gasteiger charge is 2.30. The summed E-state index contributed by atoms with van der Waals surface area (Å²) in [4.78, 5) is 14.5. The zero-order valence-electron chi connectivity index (χ0n) is 12.5. The van der Waals surface area contributed by atoms with Gasteiger partial charge in [0, 0.05) is 19.1 Å². The lowest BCUT2D eigenvalue weighted by Gasteiger charge is -2.23. The number of rotatable bonds is 3. The normalized spacial score (nSPS) is 18.0. The summed E-state index contributed by atoms with van der Waals surface area (Å²) >= 11 is 0. The minimum Gasteiger partial charge on any atom is -0.334 e. The minimum atomic E-state index is -0.367. The maximum atomic E-state index is 13.9. The molecule has 1 amide bonds. The van der Waals surface area contributed by atoms with Crippen molar-refractivity contribution in [1.82, 2.24) is 14.7 Å². The molecule has 116 valence electrons. The van der Waals surface area contributed by atoms with Crippen LogP contribution in [0, 0.1) is 12.7 Å². The molecular formula is C16H19FN4O. The van der Waals surface area contributed by atoms with Gasteiger partial charge in [0.2, 0.25) is 0 Å². The maximum absolute atomic E-state index is 13.9. The number of nitrogens with zero attached hydrogens (tertiary/aromatic N) is 3. The molecule has 1 atom stereocenters. The van der Waals surface area contributed by atoms with Gasteiger partial charge in [0.25, 0.3) is 5.91 Å². The Balaban J connectivity index is 1.94. The number of likely N-dealkylation sites (tertiary alicyclic amines) is 1. The summed E-state index contributed by atoms with van der Waals surface area (Å²) in [7, 11) is 0. The lowest BCUT2D eigenvalue weighted by atomic mass is 10.2. The van der Waals surface area contributed by atoms with Gasteiger partial charge in [-0.15, -0.1) is 0 Å². The van der Waals surface area contributed by atoms with Crippen LogP contribution in [0.3, 0.4) is 0 Å². The van der Waals surface area contributed by atoms with E-state index in [1.165, 1.54) is 16.9 Å². The molecule has 2 aromatic rings. The number of carbonyl (C=O) groups excluding carboxylic acids is 1. The van der Waals surface area contributed by atoms with Gasteiger partial charge in [-0.25, -0.2) is 9.07 Å². The van der Waals surface area contributed by atoms with Crippen LogP contribution >= 0.6 is 0 Å². The van der Waals surface area contributed by atoms with E-state index in [0.717, 1.165) is 12.8 Å². The van der Waals surface area contributed by atoms with Crippen molar-refractivity contribution in [2.45, 2.75) is 25.8 Å². The largest absolute Gasteiger partial charge is 0.334 e. The Morgan fingerprint density at radius 2 is 2.23 bits per heavy atom. The van der Waals surface area contributed by atoms with Gasteiger partial charge in [-0.1, -0.05) is 12.1 Å². The molecule has 6 heteroatoms. The van der Waals surface area contributed by atoms with E-state index in [4.69, 9.17) is 5.73 Å². The smallest absolute Gasteiger partial charge is 0.257 e. The van der Waals surface area contributed by atoms with Gasteiger partial charge < -0.3 is 10.6 Å². The van der Waals surface area contributed by atoms with Crippen molar-refractivity contribution < 1.29 is 9.18 Å².